The van der Waals surface area contributed by atoms with Crippen molar-refractivity contribution in [3.05, 3.63) is 77.9 Å². The van der Waals surface area contributed by atoms with Crippen LogP contribution in [-0.2, 0) is 12.7 Å². The molecule has 2 aromatic heterocycles. The molecule has 0 amide bonds. The fourth-order valence-corrected chi connectivity index (χ4v) is 4.75. The van der Waals surface area contributed by atoms with E-state index in [0.29, 0.717) is 29.0 Å². The Morgan fingerprint density at radius 3 is 2.53 bits per heavy atom. The molecule has 0 radical (unpaired) electrons. The van der Waals surface area contributed by atoms with Gasteiger partial charge in [-0.3, -0.25) is 0 Å². The first kappa shape index (κ1) is 23.9. The normalized spacial score (nSPS) is 11.8. The Morgan fingerprint density at radius 1 is 0.972 bits per heavy atom. The van der Waals surface area contributed by atoms with Crippen molar-refractivity contribution in [2.75, 3.05) is 5.32 Å². The number of halogens is 5. The zero-order chi connectivity index (χ0) is 25.4. The van der Waals surface area contributed by atoms with Crippen LogP contribution in [0.1, 0.15) is 18.9 Å². The smallest absolute Gasteiger partial charge is 0.328 e. The largest absolute Gasteiger partial charge is 0.417 e. The minimum atomic E-state index is -4.55. The first-order chi connectivity index (χ1) is 17.2. The van der Waals surface area contributed by atoms with E-state index in [9.17, 15) is 17.6 Å². The number of anilines is 2. The second-order valence-electron chi connectivity index (χ2n) is 8.00. The van der Waals surface area contributed by atoms with Gasteiger partial charge < -0.3 is 9.88 Å². The molecule has 0 bridgehead atoms. The molecule has 2 heterocycles. The fourth-order valence-electron chi connectivity index (χ4n) is 3.95. The van der Waals surface area contributed by atoms with E-state index in [1.165, 1.54) is 42.5 Å². The van der Waals surface area contributed by atoms with Gasteiger partial charge in [0.15, 0.2) is 0 Å². The van der Waals surface area contributed by atoms with Crippen molar-refractivity contribution in [2.24, 2.45) is 0 Å². The number of nitrogens with zero attached hydrogens (tertiary/aromatic N) is 4. The molecule has 3 aromatic carbocycles. The highest BCUT2D eigenvalue weighted by Crippen LogP contribution is 2.39. The molecule has 0 fully saturated rings. The summed E-state index contributed by atoms with van der Waals surface area (Å²) in [5.74, 6) is -0.502. The zero-order valence-electron chi connectivity index (χ0n) is 18.8. The van der Waals surface area contributed by atoms with E-state index in [0.717, 1.165) is 23.8 Å². The van der Waals surface area contributed by atoms with Crippen LogP contribution in [-0.4, -0.2) is 19.7 Å². The second kappa shape index (κ2) is 9.30. The maximum absolute atomic E-state index is 15.1. The van der Waals surface area contributed by atoms with Crippen molar-refractivity contribution in [2.45, 2.75) is 26.1 Å². The molecule has 0 aliphatic rings. The fraction of sp³-hybridized carbons (Fsp3) is 0.160. The summed E-state index contributed by atoms with van der Waals surface area (Å²) in [5.41, 5.74) is 0.680. The van der Waals surface area contributed by atoms with Gasteiger partial charge in [0.2, 0.25) is 5.13 Å². The van der Waals surface area contributed by atoms with E-state index in [4.69, 9.17) is 0 Å². The third-order valence-electron chi connectivity index (χ3n) is 5.50. The Balaban J connectivity index is 1.51. The van der Waals surface area contributed by atoms with Crippen LogP contribution in [0.4, 0.5) is 32.8 Å². The van der Waals surface area contributed by atoms with Crippen LogP contribution in [0.5, 0.6) is 0 Å². The van der Waals surface area contributed by atoms with Gasteiger partial charge in [-0.1, -0.05) is 48.6 Å². The number of benzene rings is 3. The molecule has 5 nitrogen and oxygen atoms in total. The summed E-state index contributed by atoms with van der Waals surface area (Å²) in [7, 11) is 0. The zero-order valence-corrected chi connectivity index (χ0v) is 19.6. The molecule has 184 valence electrons. The van der Waals surface area contributed by atoms with Gasteiger partial charge in [-0.05, 0) is 30.7 Å². The molecular weight excluding hydrogens is 497 g/mol. The molecule has 0 atom stereocenters. The van der Waals surface area contributed by atoms with Crippen molar-refractivity contribution < 1.29 is 22.0 Å². The highest BCUT2D eigenvalue weighted by atomic mass is 32.1. The molecule has 11 heteroatoms. The lowest BCUT2D eigenvalue weighted by molar-refractivity contribution is -0.137. The Labute approximate surface area is 206 Å². The Kier molecular flexibility index (Phi) is 6.17. The number of alkyl halides is 3. The Hall–Kier alpha value is -3.86. The highest BCUT2D eigenvalue weighted by molar-refractivity contribution is 7.18. The van der Waals surface area contributed by atoms with Crippen molar-refractivity contribution in [1.29, 1.82) is 0 Å². The lowest BCUT2D eigenvalue weighted by Crippen LogP contribution is -2.06. The molecule has 36 heavy (non-hydrogen) atoms. The van der Waals surface area contributed by atoms with Gasteiger partial charge >= 0.3 is 6.18 Å². The average Bonchev–Trinajstić information content (AvgIpc) is 3.44. The number of aryl methyl sites for hydroxylation is 1. The van der Waals surface area contributed by atoms with Crippen LogP contribution >= 0.6 is 11.3 Å². The predicted molar refractivity (Wildman–Crippen MR) is 129 cm³/mol. The second-order valence-corrected chi connectivity index (χ2v) is 8.98. The van der Waals surface area contributed by atoms with E-state index >= 15 is 4.39 Å². The summed E-state index contributed by atoms with van der Waals surface area (Å²) in [6.45, 7) is 2.52. The van der Waals surface area contributed by atoms with Crippen LogP contribution in [0.15, 0.2) is 60.7 Å². The summed E-state index contributed by atoms with van der Waals surface area (Å²) in [5, 5.41) is 10.7. The van der Waals surface area contributed by atoms with Gasteiger partial charge in [-0.2, -0.15) is 13.2 Å². The topological polar surface area (TPSA) is 55.6 Å². The lowest BCUT2D eigenvalue weighted by Gasteiger charge is -2.10. The van der Waals surface area contributed by atoms with E-state index < -0.39 is 23.4 Å². The van der Waals surface area contributed by atoms with E-state index in [2.05, 4.69) is 20.5 Å². The molecule has 0 aliphatic heterocycles. The lowest BCUT2D eigenvalue weighted by atomic mass is 10.1. The van der Waals surface area contributed by atoms with Crippen molar-refractivity contribution in [3.63, 3.8) is 0 Å². The summed E-state index contributed by atoms with van der Waals surface area (Å²) in [6.07, 6.45) is -3.80. The summed E-state index contributed by atoms with van der Waals surface area (Å²) in [6, 6.07) is 13.9. The summed E-state index contributed by atoms with van der Waals surface area (Å²) < 4.78 is 70.9. The Morgan fingerprint density at radius 2 is 1.78 bits per heavy atom. The minimum absolute atomic E-state index is 0.0428. The molecule has 0 saturated heterocycles. The first-order valence-corrected chi connectivity index (χ1v) is 11.8. The van der Waals surface area contributed by atoms with Gasteiger partial charge in [-0.15, -0.1) is 10.2 Å². The number of imidazole rings is 1. The molecule has 1 N–H and O–H groups in total. The first-order valence-electron chi connectivity index (χ1n) is 11.0. The molecule has 5 aromatic rings. The van der Waals surface area contributed by atoms with Crippen molar-refractivity contribution in [1.82, 2.24) is 19.7 Å². The van der Waals surface area contributed by atoms with E-state index in [-0.39, 0.29) is 21.4 Å². The Bertz CT molecular complexity index is 1560. The third kappa shape index (κ3) is 4.53. The quantitative estimate of drug-likeness (QED) is 0.236. The summed E-state index contributed by atoms with van der Waals surface area (Å²) >= 11 is 0.873. The monoisotopic (exact) mass is 515 g/mol. The maximum atomic E-state index is 15.1. The molecule has 0 saturated carbocycles. The number of nitrogens with one attached hydrogen (secondary N) is 1. The number of fused-ring (bicyclic) bond motifs is 1. The van der Waals surface area contributed by atoms with Crippen LogP contribution in [0, 0.1) is 11.6 Å². The molecule has 5 rings (SSSR count). The number of aromatic nitrogens is 4. The summed E-state index contributed by atoms with van der Waals surface area (Å²) in [4.78, 5) is 4.61. The molecule has 0 unspecified atom stereocenters. The minimum Gasteiger partial charge on any atom is -0.328 e. The standard InChI is InChI=1S/C25H18F5N5S/c1-2-10-35-21-12-18(27)19(13-20(21)31-22(35)14-6-5-7-15(26)11-14)32-24-34-33-23(36-24)16-8-3-4-9-17(16)25(28,29)30/h3-9,11-13H,2,10H2,1H3,(H,32,34). The van der Waals surface area contributed by atoms with Crippen LogP contribution in [0.2, 0.25) is 0 Å². The van der Waals surface area contributed by atoms with E-state index in [1.54, 1.807) is 12.1 Å². The molecular formula is C25H18F5N5S. The van der Waals surface area contributed by atoms with Gasteiger partial charge in [0, 0.05) is 23.7 Å². The van der Waals surface area contributed by atoms with Gasteiger partial charge in [0.1, 0.15) is 22.5 Å². The highest BCUT2D eigenvalue weighted by Gasteiger charge is 2.34. The predicted octanol–water partition coefficient (Wildman–Crippen LogP) is 7.67. The van der Waals surface area contributed by atoms with Crippen LogP contribution < -0.4 is 5.32 Å². The number of hydrogen-bond acceptors (Lipinski definition) is 5. The molecule has 0 aliphatic carbocycles. The SMILES string of the molecule is CCCn1c(-c2cccc(F)c2)nc2cc(Nc3nnc(-c4ccccc4C(F)(F)F)s3)c(F)cc21. The van der Waals surface area contributed by atoms with Gasteiger partial charge in [-0.25, -0.2) is 13.8 Å². The number of hydrogen-bond donors (Lipinski definition) is 1. The van der Waals surface area contributed by atoms with Crippen LogP contribution in [0.25, 0.3) is 33.0 Å². The number of rotatable bonds is 6. The molecule has 0 spiro atoms. The van der Waals surface area contributed by atoms with Gasteiger partial charge in [0.05, 0.1) is 22.3 Å². The van der Waals surface area contributed by atoms with Crippen molar-refractivity contribution in [3.8, 4) is 22.0 Å². The van der Waals surface area contributed by atoms with Gasteiger partial charge in [0.25, 0.3) is 0 Å². The van der Waals surface area contributed by atoms with E-state index in [1.807, 2.05) is 11.5 Å². The van der Waals surface area contributed by atoms with Crippen LogP contribution in [0.3, 0.4) is 0 Å². The maximum Gasteiger partial charge on any atom is 0.417 e. The average molecular weight is 516 g/mol. The van der Waals surface area contributed by atoms with Crippen molar-refractivity contribution >= 4 is 33.2 Å². The third-order valence-corrected chi connectivity index (χ3v) is 6.37.